The van der Waals surface area contributed by atoms with E-state index in [1.807, 2.05) is 31.2 Å². The molecule has 116 valence electrons. The van der Waals surface area contributed by atoms with Gasteiger partial charge in [-0.15, -0.1) is 0 Å². The van der Waals surface area contributed by atoms with Gasteiger partial charge in [-0.3, -0.25) is 0 Å². The van der Waals surface area contributed by atoms with Crippen molar-refractivity contribution >= 4 is 6.03 Å². The molecule has 2 amide bonds. The maximum atomic E-state index is 13.2. The Morgan fingerprint density at radius 2 is 1.77 bits per heavy atom. The lowest BCUT2D eigenvalue weighted by Gasteiger charge is -2.15. The highest BCUT2D eigenvalue weighted by molar-refractivity contribution is 5.74. The predicted octanol–water partition coefficient (Wildman–Crippen LogP) is 3.83. The monoisotopic (exact) mass is 304 g/mol. The highest BCUT2D eigenvalue weighted by Gasteiger charge is 2.11. The molecule has 2 aromatic rings. The van der Waals surface area contributed by atoms with Crippen LogP contribution < -0.4 is 10.6 Å². The number of rotatable bonds is 4. The lowest BCUT2D eigenvalue weighted by Crippen LogP contribution is -2.36. The molecule has 0 fully saturated rings. The Morgan fingerprint density at radius 1 is 1.09 bits per heavy atom. The van der Waals surface area contributed by atoms with Crippen LogP contribution in [0.25, 0.3) is 0 Å². The third kappa shape index (κ3) is 4.28. The van der Waals surface area contributed by atoms with Gasteiger partial charge in [0.2, 0.25) is 0 Å². The van der Waals surface area contributed by atoms with Crippen molar-refractivity contribution < 1.29 is 13.6 Å². The summed E-state index contributed by atoms with van der Waals surface area (Å²) >= 11 is 0. The number of hydrogen-bond donors (Lipinski definition) is 2. The number of urea groups is 1. The maximum Gasteiger partial charge on any atom is 0.315 e. The van der Waals surface area contributed by atoms with Gasteiger partial charge >= 0.3 is 6.03 Å². The summed E-state index contributed by atoms with van der Waals surface area (Å²) in [6, 6.07) is 10.6. The van der Waals surface area contributed by atoms with Crippen molar-refractivity contribution in [2.75, 3.05) is 0 Å². The molecule has 0 saturated heterocycles. The molecule has 2 aromatic carbocycles. The summed E-state index contributed by atoms with van der Waals surface area (Å²) in [5, 5.41) is 5.41. The second kappa shape index (κ2) is 7.02. The Bertz CT molecular complexity index is 656. The minimum Gasteiger partial charge on any atom is -0.334 e. The Hall–Kier alpha value is -2.43. The molecule has 2 rings (SSSR count). The van der Waals surface area contributed by atoms with Crippen LogP contribution in [0.5, 0.6) is 0 Å². The Balaban J connectivity index is 1.88. The minimum absolute atomic E-state index is 0.363. The summed E-state index contributed by atoms with van der Waals surface area (Å²) in [6.45, 7) is 4.10. The number of halogens is 2. The van der Waals surface area contributed by atoms with Crippen molar-refractivity contribution in [1.29, 1.82) is 0 Å². The number of amides is 2. The van der Waals surface area contributed by atoms with Crippen LogP contribution >= 0.6 is 0 Å². The zero-order valence-electron chi connectivity index (χ0n) is 12.5. The minimum atomic E-state index is -0.925. The van der Waals surface area contributed by atoms with Crippen molar-refractivity contribution in [3.8, 4) is 0 Å². The molecule has 1 atom stereocenters. The fourth-order valence-electron chi connectivity index (χ4n) is 2.00. The Labute approximate surface area is 128 Å². The van der Waals surface area contributed by atoms with Gasteiger partial charge in [-0.2, -0.15) is 0 Å². The van der Waals surface area contributed by atoms with Gasteiger partial charge in [0.25, 0.3) is 0 Å². The molecule has 5 heteroatoms. The molecule has 0 spiro atoms. The largest absolute Gasteiger partial charge is 0.334 e. The quantitative estimate of drug-likeness (QED) is 0.885. The van der Waals surface area contributed by atoms with Crippen molar-refractivity contribution in [2.24, 2.45) is 0 Å². The van der Waals surface area contributed by atoms with Crippen molar-refractivity contribution in [2.45, 2.75) is 26.4 Å². The van der Waals surface area contributed by atoms with Crippen LogP contribution in [0.3, 0.4) is 0 Å². The summed E-state index contributed by atoms with van der Waals surface area (Å²) in [7, 11) is 0. The van der Waals surface area contributed by atoms with Crippen molar-refractivity contribution in [3.63, 3.8) is 0 Å². The molecular formula is C17H18F2N2O. The molecule has 1 unspecified atom stereocenters. The van der Waals surface area contributed by atoms with Crippen LogP contribution in [0.1, 0.15) is 29.7 Å². The smallest absolute Gasteiger partial charge is 0.315 e. The summed E-state index contributed by atoms with van der Waals surface area (Å²) in [5.74, 6) is -1.83. The van der Waals surface area contributed by atoms with Crippen LogP contribution in [0.4, 0.5) is 13.6 Å². The fourth-order valence-corrected chi connectivity index (χ4v) is 2.00. The molecule has 0 saturated carbocycles. The lowest BCUT2D eigenvalue weighted by atomic mass is 10.1. The van der Waals surface area contributed by atoms with Gasteiger partial charge in [0, 0.05) is 6.54 Å². The van der Waals surface area contributed by atoms with Gasteiger partial charge in [0.05, 0.1) is 6.04 Å². The van der Waals surface area contributed by atoms with Crippen LogP contribution in [0.15, 0.2) is 42.5 Å². The molecular weight excluding hydrogens is 286 g/mol. The number of hydrogen-bond acceptors (Lipinski definition) is 1. The van der Waals surface area contributed by atoms with Gasteiger partial charge in [-0.1, -0.05) is 35.9 Å². The highest BCUT2D eigenvalue weighted by Crippen LogP contribution is 2.15. The van der Waals surface area contributed by atoms with Crippen LogP contribution in [0, 0.1) is 18.6 Å². The topological polar surface area (TPSA) is 41.1 Å². The third-order valence-electron chi connectivity index (χ3n) is 3.36. The van der Waals surface area contributed by atoms with E-state index >= 15 is 0 Å². The maximum absolute atomic E-state index is 13.2. The van der Waals surface area contributed by atoms with Crippen molar-refractivity contribution in [1.82, 2.24) is 10.6 Å². The second-order valence-corrected chi connectivity index (χ2v) is 5.21. The van der Waals surface area contributed by atoms with E-state index in [0.717, 1.165) is 23.3 Å². The molecule has 0 aliphatic heterocycles. The molecule has 0 aliphatic rings. The SMILES string of the molecule is Cc1ccc(CNC(=O)NC(C)c2ccc(F)c(F)c2)cc1. The van der Waals surface area contributed by atoms with Gasteiger partial charge in [-0.25, -0.2) is 13.6 Å². The van der Waals surface area contributed by atoms with Gasteiger partial charge < -0.3 is 10.6 Å². The van der Waals surface area contributed by atoms with Crippen LogP contribution in [0.2, 0.25) is 0 Å². The highest BCUT2D eigenvalue weighted by atomic mass is 19.2. The molecule has 22 heavy (non-hydrogen) atoms. The molecule has 0 aromatic heterocycles. The second-order valence-electron chi connectivity index (χ2n) is 5.21. The van der Waals surface area contributed by atoms with Gasteiger partial charge in [0.15, 0.2) is 11.6 Å². The van der Waals surface area contributed by atoms with E-state index < -0.39 is 17.7 Å². The van der Waals surface area contributed by atoms with Crippen LogP contribution in [-0.2, 0) is 6.54 Å². The van der Waals surface area contributed by atoms with E-state index in [-0.39, 0.29) is 6.03 Å². The Kier molecular flexibility index (Phi) is 5.09. The van der Waals surface area contributed by atoms with E-state index in [9.17, 15) is 13.6 Å². The predicted molar refractivity (Wildman–Crippen MR) is 81.3 cm³/mol. The van der Waals surface area contributed by atoms with E-state index in [4.69, 9.17) is 0 Å². The average Bonchev–Trinajstić information content (AvgIpc) is 2.49. The number of nitrogens with one attached hydrogen (secondary N) is 2. The molecule has 0 heterocycles. The molecule has 0 radical (unpaired) electrons. The number of benzene rings is 2. The zero-order chi connectivity index (χ0) is 16.1. The Morgan fingerprint density at radius 3 is 2.41 bits per heavy atom. The zero-order valence-corrected chi connectivity index (χ0v) is 12.5. The standard InChI is InChI=1S/C17H18F2N2O/c1-11-3-5-13(6-4-11)10-20-17(22)21-12(2)14-7-8-15(18)16(19)9-14/h3-9,12H,10H2,1-2H3,(H2,20,21,22). The van der Waals surface area contributed by atoms with E-state index in [0.29, 0.717) is 12.1 Å². The number of aryl methyl sites for hydroxylation is 1. The average molecular weight is 304 g/mol. The molecule has 0 aliphatic carbocycles. The fraction of sp³-hybridized carbons (Fsp3) is 0.235. The summed E-state index contributed by atoms with van der Waals surface area (Å²) in [6.07, 6.45) is 0. The molecule has 2 N–H and O–H groups in total. The number of carbonyl (C=O) groups is 1. The van der Waals surface area contributed by atoms with Gasteiger partial charge in [-0.05, 0) is 37.1 Å². The number of carbonyl (C=O) groups excluding carboxylic acids is 1. The first-order chi connectivity index (χ1) is 10.5. The summed E-state index contributed by atoms with van der Waals surface area (Å²) in [5.41, 5.74) is 2.64. The normalized spacial score (nSPS) is 11.8. The van der Waals surface area contributed by atoms with E-state index in [2.05, 4.69) is 10.6 Å². The first-order valence-electron chi connectivity index (χ1n) is 7.00. The first-order valence-corrected chi connectivity index (χ1v) is 7.00. The van der Waals surface area contributed by atoms with Crippen LogP contribution in [-0.4, -0.2) is 6.03 Å². The molecule has 3 nitrogen and oxygen atoms in total. The summed E-state index contributed by atoms with van der Waals surface area (Å²) < 4.78 is 26.1. The third-order valence-corrected chi connectivity index (χ3v) is 3.36. The summed E-state index contributed by atoms with van der Waals surface area (Å²) in [4.78, 5) is 11.8. The van der Waals surface area contributed by atoms with E-state index in [1.54, 1.807) is 6.92 Å². The van der Waals surface area contributed by atoms with Gasteiger partial charge in [0.1, 0.15) is 0 Å². The lowest BCUT2D eigenvalue weighted by molar-refractivity contribution is 0.237. The van der Waals surface area contributed by atoms with Crippen molar-refractivity contribution in [3.05, 3.63) is 70.8 Å². The first kappa shape index (κ1) is 15.9. The van der Waals surface area contributed by atoms with E-state index in [1.165, 1.54) is 6.07 Å². The molecule has 0 bridgehead atoms.